The van der Waals surface area contributed by atoms with Gasteiger partial charge in [-0.2, -0.15) is 0 Å². The van der Waals surface area contributed by atoms with Gasteiger partial charge in [0.05, 0.1) is 15.0 Å². The van der Waals surface area contributed by atoms with Crippen LogP contribution < -0.4 is 5.32 Å². The summed E-state index contributed by atoms with van der Waals surface area (Å²) < 4.78 is 0. The number of piperidine rings is 3. The number of fused-ring (bicyclic) bond motifs is 3. The molecule has 0 amide bonds. The van der Waals surface area contributed by atoms with E-state index in [2.05, 4.69) is 10.2 Å². The second-order valence-corrected chi connectivity index (χ2v) is 6.24. The van der Waals surface area contributed by atoms with Crippen LogP contribution in [-0.2, 0) is 0 Å². The molecule has 108 valence electrons. The molecule has 1 N–H and O–H groups in total. The van der Waals surface area contributed by atoms with Gasteiger partial charge >= 0.3 is 0 Å². The summed E-state index contributed by atoms with van der Waals surface area (Å²) in [5, 5.41) is 15.0. The Balaban J connectivity index is 1.86. The number of nitrogens with one attached hydrogen (secondary N) is 1. The maximum atomic E-state index is 11.1. The maximum absolute atomic E-state index is 11.1. The quantitative estimate of drug-likeness (QED) is 0.686. The van der Waals surface area contributed by atoms with Crippen LogP contribution in [0.15, 0.2) is 12.1 Å². The highest BCUT2D eigenvalue weighted by atomic mass is 35.5. The molecule has 3 saturated heterocycles. The highest BCUT2D eigenvalue weighted by molar-refractivity contribution is 6.42. The van der Waals surface area contributed by atoms with Crippen molar-refractivity contribution in [3.63, 3.8) is 0 Å². The van der Waals surface area contributed by atoms with Crippen LogP contribution >= 0.6 is 23.2 Å². The van der Waals surface area contributed by atoms with E-state index in [0.717, 1.165) is 32.5 Å². The zero-order valence-corrected chi connectivity index (χ0v) is 12.3. The minimum Gasteiger partial charge on any atom is -0.375 e. The van der Waals surface area contributed by atoms with Crippen LogP contribution in [0.25, 0.3) is 0 Å². The molecule has 3 fully saturated rings. The molecule has 5 nitrogen and oxygen atoms in total. The molecule has 0 spiro atoms. The topological polar surface area (TPSA) is 58.4 Å². The summed E-state index contributed by atoms with van der Waals surface area (Å²) >= 11 is 11.8. The molecule has 20 heavy (non-hydrogen) atoms. The van der Waals surface area contributed by atoms with E-state index in [0.29, 0.717) is 16.6 Å². The third kappa shape index (κ3) is 2.57. The molecule has 3 heterocycles. The normalized spacial score (nSPS) is 28.4. The molecule has 0 aromatic heterocycles. The molecule has 0 saturated carbocycles. The highest BCUT2D eigenvalue weighted by Gasteiger charge is 2.35. The second-order valence-electron chi connectivity index (χ2n) is 5.43. The molecule has 0 aliphatic carbocycles. The van der Waals surface area contributed by atoms with Crippen molar-refractivity contribution >= 4 is 34.6 Å². The van der Waals surface area contributed by atoms with Crippen LogP contribution in [0.4, 0.5) is 11.4 Å². The predicted molar refractivity (Wildman–Crippen MR) is 79.7 cm³/mol. The standard InChI is InChI=1S/C13H15Cl2N3O2/c14-9-5-11(13(18(19)20)6-10(9)15)16-12-7-17-3-1-8(12)2-4-17/h5-6,8,12,16H,1-4,7H2. The average Bonchev–Trinajstić information content (AvgIpc) is 2.43. The van der Waals surface area contributed by atoms with E-state index in [9.17, 15) is 10.1 Å². The predicted octanol–water partition coefficient (Wildman–Crippen LogP) is 3.41. The number of hydrogen-bond donors (Lipinski definition) is 1. The minimum atomic E-state index is -0.425. The van der Waals surface area contributed by atoms with Gasteiger partial charge in [0.2, 0.25) is 0 Å². The Labute approximate surface area is 127 Å². The van der Waals surface area contributed by atoms with Gasteiger partial charge in [0.15, 0.2) is 0 Å². The van der Waals surface area contributed by atoms with Crippen LogP contribution in [0.3, 0.4) is 0 Å². The van der Waals surface area contributed by atoms with Crippen LogP contribution in [-0.4, -0.2) is 35.5 Å². The van der Waals surface area contributed by atoms with Crippen LogP contribution in [0.1, 0.15) is 12.8 Å². The molecule has 0 radical (unpaired) electrons. The molecule has 3 aliphatic heterocycles. The van der Waals surface area contributed by atoms with Crippen molar-refractivity contribution < 1.29 is 4.92 Å². The smallest absolute Gasteiger partial charge is 0.293 e. The lowest BCUT2D eigenvalue weighted by molar-refractivity contribution is -0.384. The van der Waals surface area contributed by atoms with E-state index in [-0.39, 0.29) is 16.8 Å². The van der Waals surface area contributed by atoms with Gasteiger partial charge in [0, 0.05) is 18.7 Å². The van der Waals surface area contributed by atoms with E-state index < -0.39 is 4.92 Å². The van der Waals surface area contributed by atoms with Gasteiger partial charge in [-0.3, -0.25) is 10.1 Å². The maximum Gasteiger partial charge on any atom is 0.293 e. The van der Waals surface area contributed by atoms with Gasteiger partial charge in [0.1, 0.15) is 5.69 Å². The Morgan fingerprint density at radius 2 is 1.90 bits per heavy atom. The lowest BCUT2D eigenvalue weighted by atomic mass is 9.84. The first-order valence-corrected chi connectivity index (χ1v) is 7.42. The average molecular weight is 316 g/mol. The van der Waals surface area contributed by atoms with Crippen LogP contribution in [0, 0.1) is 16.0 Å². The molecule has 2 bridgehead atoms. The Bertz CT molecular complexity index is 545. The van der Waals surface area contributed by atoms with Crippen molar-refractivity contribution in [2.24, 2.45) is 5.92 Å². The van der Waals surface area contributed by atoms with Gasteiger partial charge < -0.3 is 10.2 Å². The third-order valence-electron chi connectivity index (χ3n) is 4.23. The Morgan fingerprint density at radius 1 is 1.25 bits per heavy atom. The fourth-order valence-corrected chi connectivity index (χ4v) is 3.45. The summed E-state index contributed by atoms with van der Waals surface area (Å²) in [5.41, 5.74) is 0.444. The summed E-state index contributed by atoms with van der Waals surface area (Å²) in [6.45, 7) is 3.20. The SMILES string of the molecule is O=[N+]([O-])c1cc(Cl)c(Cl)cc1NC1CN2CCC1CC2. The molecule has 1 atom stereocenters. The van der Waals surface area contributed by atoms with Crippen molar-refractivity contribution in [1.82, 2.24) is 4.90 Å². The summed E-state index contributed by atoms with van der Waals surface area (Å²) in [6, 6.07) is 3.11. The van der Waals surface area contributed by atoms with Crippen molar-refractivity contribution in [2.45, 2.75) is 18.9 Å². The lowest BCUT2D eigenvalue weighted by Crippen LogP contribution is -2.53. The molecule has 4 rings (SSSR count). The number of nitro benzene ring substituents is 1. The largest absolute Gasteiger partial charge is 0.375 e. The van der Waals surface area contributed by atoms with Crippen molar-refractivity contribution in [3.8, 4) is 0 Å². The Morgan fingerprint density at radius 3 is 2.45 bits per heavy atom. The van der Waals surface area contributed by atoms with Gasteiger partial charge in [-0.05, 0) is 37.9 Å². The van der Waals surface area contributed by atoms with Gasteiger partial charge in [0.25, 0.3) is 5.69 Å². The first-order chi connectivity index (χ1) is 9.54. The molecule has 1 aromatic rings. The molecular weight excluding hydrogens is 301 g/mol. The number of benzene rings is 1. The van der Waals surface area contributed by atoms with Gasteiger partial charge in [-0.1, -0.05) is 23.2 Å². The number of halogens is 2. The van der Waals surface area contributed by atoms with E-state index in [1.54, 1.807) is 6.07 Å². The molecular formula is C13H15Cl2N3O2. The van der Waals surface area contributed by atoms with Crippen molar-refractivity contribution in [1.29, 1.82) is 0 Å². The summed E-state index contributed by atoms with van der Waals surface area (Å²) in [7, 11) is 0. The lowest BCUT2D eigenvalue weighted by Gasteiger charge is -2.45. The van der Waals surface area contributed by atoms with Gasteiger partial charge in [-0.25, -0.2) is 0 Å². The molecule has 7 heteroatoms. The molecule has 1 unspecified atom stereocenters. The monoisotopic (exact) mass is 315 g/mol. The molecule has 3 aliphatic rings. The number of hydrogen-bond acceptors (Lipinski definition) is 4. The first-order valence-electron chi connectivity index (χ1n) is 6.67. The second kappa shape index (κ2) is 5.39. The number of rotatable bonds is 3. The van der Waals surface area contributed by atoms with Crippen molar-refractivity contribution in [2.75, 3.05) is 25.0 Å². The van der Waals surface area contributed by atoms with Gasteiger partial charge in [-0.15, -0.1) is 0 Å². The molecule has 1 aromatic carbocycles. The summed E-state index contributed by atoms with van der Waals surface area (Å²) in [4.78, 5) is 13.1. The summed E-state index contributed by atoms with van der Waals surface area (Å²) in [5.74, 6) is 0.578. The number of anilines is 1. The highest BCUT2D eigenvalue weighted by Crippen LogP contribution is 2.37. The third-order valence-corrected chi connectivity index (χ3v) is 4.95. The number of nitro groups is 1. The van der Waals surface area contributed by atoms with E-state index in [4.69, 9.17) is 23.2 Å². The minimum absolute atomic E-state index is 0.0177. The van der Waals surface area contributed by atoms with E-state index in [1.165, 1.54) is 6.07 Å². The fraction of sp³-hybridized carbons (Fsp3) is 0.538. The Hall–Kier alpha value is -1.04. The van der Waals surface area contributed by atoms with Crippen LogP contribution in [0.2, 0.25) is 10.0 Å². The van der Waals surface area contributed by atoms with Crippen LogP contribution in [0.5, 0.6) is 0 Å². The Kier molecular flexibility index (Phi) is 3.75. The fourth-order valence-electron chi connectivity index (χ4n) is 3.13. The number of nitrogens with zero attached hydrogens (tertiary/aromatic N) is 2. The zero-order valence-electron chi connectivity index (χ0n) is 10.8. The summed E-state index contributed by atoms with van der Waals surface area (Å²) in [6.07, 6.45) is 2.29. The zero-order chi connectivity index (χ0) is 14.3. The van der Waals surface area contributed by atoms with Crippen molar-refractivity contribution in [3.05, 3.63) is 32.3 Å². The first kappa shape index (κ1) is 13.9. The van der Waals surface area contributed by atoms with E-state index >= 15 is 0 Å². The van der Waals surface area contributed by atoms with E-state index in [1.807, 2.05) is 0 Å².